The third kappa shape index (κ3) is 5.41. The van der Waals surface area contributed by atoms with Crippen molar-refractivity contribution in [3.63, 3.8) is 0 Å². The van der Waals surface area contributed by atoms with Gasteiger partial charge >= 0.3 is 0 Å². The standard InChI is InChI=1S/C18H17FN4O2S2/c1-25-15-9-5-4-8-14(15)21-17-22-23-18(27-17)26-11-16(24)20-10-12-6-2-3-7-13(12)19/h2-9H,10-11H2,1H3,(H,20,24)(H,21,22). The molecule has 1 amide bonds. The highest BCUT2D eigenvalue weighted by atomic mass is 32.2. The molecule has 0 saturated heterocycles. The number of thioether (sulfide) groups is 1. The summed E-state index contributed by atoms with van der Waals surface area (Å²) in [4.78, 5) is 12.0. The lowest BCUT2D eigenvalue weighted by atomic mass is 10.2. The number of methoxy groups -OCH3 is 1. The number of hydrogen-bond donors (Lipinski definition) is 2. The van der Waals surface area contributed by atoms with E-state index in [1.165, 1.54) is 29.2 Å². The zero-order valence-electron chi connectivity index (χ0n) is 14.4. The zero-order valence-corrected chi connectivity index (χ0v) is 16.1. The highest BCUT2D eigenvalue weighted by Gasteiger charge is 2.10. The summed E-state index contributed by atoms with van der Waals surface area (Å²) in [5.41, 5.74) is 1.24. The summed E-state index contributed by atoms with van der Waals surface area (Å²) in [5, 5.41) is 14.6. The van der Waals surface area contributed by atoms with Crippen LogP contribution in [0.25, 0.3) is 0 Å². The van der Waals surface area contributed by atoms with E-state index in [4.69, 9.17) is 4.74 Å². The van der Waals surface area contributed by atoms with Crippen LogP contribution >= 0.6 is 23.1 Å². The normalized spacial score (nSPS) is 10.4. The van der Waals surface area contributed by atoms with Crippen LogP contribution in [0.15, 0.2) is 52.9 Å². The van der Waals surface area contributed by atoms with Crippen LogP contribution in [0.5, 0.6) is 5.75 Å². The molecular formula is C18H17FN4O2S2. The van der Waals surface area contributed by atoms with Gasteiger partial charge in [0.1, 0.15) is 11.6 Å². The van der Waals surface area contributed by atoms with Gasteiger partial charge in [0.15, 0.2) is 4.34 Å². The van der Waals surface area contributed by atoms with E-state index >= 15 is 0 Å². The van der Waals surface area contributed by atoms with E-state index in [0.717, 1.165) is 5.69 Å². The van der Waals surface area contributed by atoms with Crippen LogP contribution in [0.1, 0.15) is 5.56 Å². The van der Waals surface area contributed by atoms with Gasteiger partial charge in [0.2, 0.25) is 11.0 Å². The van der Waals surface area contributed by atoms with Crippen LogP contribution in [0, 0.1) is 5.82 Å². The summed E-state index contributed by atoms with van der Waals surface area (Å²) in [7, 11) is 1.60. The Labute approximate surface area is 164 Å². The van der Waals surface area contributed by atoms with Crippen molar-refractivity contribution >= 4 is 39.8 Å². The number of anilines is 2. The molecule has 0 atom stereocenters. The Morgan fingerprint density at radius 3 is 2.78 bits per heavy atom. The van der Waals surface area contributed by atoms with Crippen LogP contribution in [0.2, 0.25) is 0 Å². The highest BCUT2D eigenvalue weighted by Crippen LogP contribution is 2.31. The summed E-state index contributed by atoms with van der Waals surface area (Å²) < 4.78 is 19.5. The molecule has 2 aromatic carbocycles. The molecule has 3 aromatic rings. The molecule has 0 unspecified atom stereocenters. The number of ether oxygens (including phenoxy) is 1. The molecule has 0 radical (unpaired) electrons. The number of halogens is 1. The van der Waals surface area contributed by atoms with Gasteiger partial charge in [-0.05, 0) is 18.2 Å². The van der Waals surface area contributed by atoms with E-state index in [9.17, 15) is 9.18 Å². The lowest BCUT2D eigenvalue weighted by Crippen LogP contribution is -2.24. The van der Waals surface area contributed by atoms with Gasteiger partial charge < -0.3 is 15.4 Å². The van der Waals surface area contributed by atoms with E-state index in [1.807, 2.05) is 24.3 Å². The third-order valence-corrected chi connectivity index (χ3v) is 5.49. The lowest BCUT2D eigenvalue weighted by molar-refractivity contribution is -0.118. The first-order chi connectivity index (χ1) is 13.2. The fraction of sp³-hybridized carbons (Fsp3) is 0.167. The molecule has 9 heteroatoms. The first-order valence-electron chi connectivity index (χ1n) is 8.02. The largest absolute Gasteiger partial charge is 0.495 e. The monoisotopic (exact) mass is 404 g/mol. The second-order valence-corrected chi connectivity index (χ2v) is 7.56. The van der Waals surface area contributed by atoms with Crippen LogP contribution in [-0.4, -0.2) is 29.0 Å². The van der Waals surface area contributed by atoms with Gasteiger partial charge in [-0.15, -0.1) is 10.2 Å². The molecule has 0 bridgehead atoms. The van der Waals surface area contributed by atoms with Gasteiger partial charge in [-0.2, -0.15) is 0 Å². The van der Waals surface area contributed by atoms with E-state index in [1.54, 1.807) is 25.3 Å². The molecule has 0 aliphatic heterocycles. The predicted octanol–water partition coefficient (Wildman–Crippen LogP) is 3.84. The van der Waals surface area contributed by atoms with Crippen molar-refractivity contribution < 1.29 is 13.9 Å². The second kappa shape index (κ2) is 9.33. The molecule has 27 heavy (non-hydrogen) atoms. The predicted molar refractivity (Wildman–Crippen MR) is 105 cm³/mol. The Morgan fingerprint density at radius 2 is 1.96 bits per heavy atom. The minimum Gasteiger partial charge on any atom is -0.495 e. The Kier molecular flexibility index (Phi) is 6.61. The van der Waals surface area contributed by atoms with Gasteiger partial charge in [-0.25, -0.2) is 4.39 Å². The van der Waals surface area contributed by atoms with Crippen LogP contribution in [-0.2, 0) is 11.3 Å². The quantitative estimate of drug-likeness (QED) is 0.556. The number of nitrogens with one attached hydrogen (secondary N) is 2. The molecule has 1 heterocycles. The molecule has 0 fully saturated rings. The number of carbonyl (C=O) groups excluding carboxylic acids is 1. The van der Waals surface area contributed by atoms with Gasteiger partial charge in [0.05, 0.1) is 18.6 Å². The number of nitrogens with zero attached hydrogens (tertiary/aromatic N) is 2. The first-order valence-corrected chi connectivity index (χ1v) is 9.82. The van der Waals surface area contributed by atoms with Crippen molar-refractivity contribution in [2.24, 2.45) is 0 Å². The number of amides is 1. The summed E-state index contributed by atoms with van der Waals surface area (Å²) in [6.45, 7) is 0.156. The zero-order chi connectivity index (χ0) is 19.1. The lowest BCUT2D eigenvalue weighted by Gasteiger charge is -2.07. The van der Waals surface area contributed by atoms with E-state index in [2.05, 4.69) is 20.8 Å². The molecule has 0 saturated carbocycles. The average Bonchev–Trinajstić information content (AvgIpc) is 3.13. The Morgan fingerprint density at radius 1 is 1.19 bits per heavy atom. The van der Waals surface area contributed by atoms with Crippen molar-refractivity contribution in [2.75, 3.05) is 18.2 Å². The summed E-state index contributed by atoms with van der Waals surface area (Å²) in [6, 6.07) is 13.9. The topological polar surface area (TPSA) is 76.1 Å². The van der Waals surface area contributed by atoms with E-state index in [0.29, 0.717) is 20.8 Å². The molecule has 3 rings (SSSR count). The Balaban J connectivity index is 1.49. The summed E-state index contributed by atoms with van der Waals surface area (Å²) >= 11 is 2.62. The van der Waals surface area contributed by atoms with Crippen molar-refractivity contribution in [3.8, 4) is 5.75 Å². The minimum atomic E-state index is -0.332. The van der Waals surface area contributed by atoms with Crippen molar-refractivity contribution in [2.45, 2.75) is 10.9 Å². The molecule has 0 aliphatic rings. The number of rotatable bonds is 8. The summed E-state index contributed by atoms with van der Waals surface area (Å²) in [6.07, 6.45) is 0. The number of para-hydroxylation sites is 2. The highest BCUT2D eigenvalue weighted by molar-refractivity contribution is 8.01. The van der Waals surface area contributed by atoms with Crippen molar-refractivity contribution in [1.29, 1.82) is 0 Å². The molecular weight excluding hydrogens is 387 g/mol. The van der Waals surface area contributed by atoms with Crippen molar-refractivity contribution in [1.82, 2.24) is 15.5 Å². The first kappa shape index (κ1) is 19.1. The number of aromatic nitrogens is 2. The van der Waals surface area contributed by atoms with E-state index < -0.39 is 0 Å². The SMILES string of the molecule is COc1ccccc1Nc1nnc(SCC(=O)NCc2ccccc2F)s1. The third-order valence-electron chi connectivity index (χ3n) is 3.52. The summed E-state index contributed by atoms with van der Waals surface area (Å²) in [5.74, 6) is 0.353. The molecule has 140 valence electrons. The number of hydrogen-bond acceptors (Lipinski definition) is 7. The Hall–Kier alpha value is -2.65. The molecule has 1 aromatic heterocycles. The van der Waals surface area contributed by atoms with Gasteiger partial charge in [-0.3, -0.25) is 4.79 Å². The second-order valence-electron chi connectivity index (χ2n) is 5.36. The average molecular weight is 404 g/mol. The fourth-order valence-electron chi connectivity index (χ4n) is 2.20. The van der Waals surface area contributed by atoms with Gasteiger partial charge in [-0.1, -0.05) is 53.4 Å². The van der Waals surface area contributed by atoms with Crippen LogP contribution in [0.3, 0.4) is 0 Å². The molecule has 0 aliphatic carbocycles. The molecule has 0 spiro atoms. The van der Waals surface area contributed by atoms with Crippen LogP contribution in [0.4, 0.5) is 15.2 Å². The molecule has 6 nitrogen and oxygen atoms in total. The van der Waals surface area contributed by atoms with E-state index in [-0.39, 0.29) is 24.0 Å². The number of benzene rings is 2. The maximum atomic E-state index is 13.5. The molecule has 2 N–H and O–H groups in total. The van der Waals surface area contributed by atoms with Gasteiger partial charge in [0, 0.05) is 12.1 Å². The smallest absolute Gasteiger partial charge is 0.230 e. The van der Waals surface area contributed by atoms with Crippen LogP contribution < -0.4 is 15.4 Å². The fourth-order valence-corrected chi connectivity index (χ4v) is 3.79. The minimum absolute atomic E-state index is 0.156. The number of carbonyl (C=O) groups is 1. The maximum absolute atomic E-state index is 13.5. The maximum Gasteiger partial charge on any atom is 0.230 e. The Bertz CT molecular complexity index is 920. The van der Waals surface area contributed by atoms with Crippen molar-refractivity contribution in [3.05, 3.63) is 59.9 Å². The van der Waals surface area contributed by atoms with Gasteiger partial charge in [0.25, 0.3) is 0 Å².